The number of aryl methyl sites for hydroxylation is 2. The zero-order chi connectivity index (χ0) is 15.2. The summed E-state index contributed by atoms with van der Waals surface area (Å²) in [6.07, 6.45) is 4.52. The zero-order valence-corrected chi connectivity index (χ0v) is 13.9. The predicted octanol–water partition coefficient (Wildman–Crippen LogP) is 3.54. The van der Waals surface area contributed by atoms with Crippen LogP contribution in [-0.2, 0) is 12.8 Å². The number of carbonyl (C=O) groups is 1. The van der Waals surface area contributed by atoms with Crippen molar-refractivity contribution in [3.8, 4) is 0 Å². The second-order valence-electron chi connectivity index (χ2n) is 5.50. The van der Waals surface area contributed by atoms with Gasteiger partial charge in [0.1, 0.15) is 0 Å². The number of carbonyl (C=O) groups excluding carboxylic acids is 1. The van der Waals surface area contributed by atoms with Gasteiger partial charge in [-0.1, -0.05) is 27.2 Å². The van der Waals surface area contributed by atoms with E-state index in [0.29, 0.717) is 6.42 Å². The van der Waals surface area contributed by atoms with Crippen molar-refractivity contribution in [1.82, 2.24) is 5.32 Å². The monoisotopic (exact) mass is 297 g/mol. The van der Waals surface area contributed by atoms with Crippen molar-refractivity contribution in [2.24, 2.45) is 0 Å². The van der Waals surface area contributed by atoms with Gasteiger partial charge in [-0.25, -0.2) is 0 Å². The molecule has 1 aromatic heterocycles. The summed E-state index contributed by atoms with van der Waals surface area (Å²) < 4.78 is 0. The lowest BCUT2D eigenvalue weighted by Gasteiger charge is -2.28. The molecule has 4 heteroatoms. The fourth-order valence-corrected chi connectivity index (χ4v) is 3.48. The first-order chi connectivity index (χ1) is 9.49. The third kappa shape index (κ3) is 4.32. The highest BCUT2D eigenvalue weighted by Crippen LogP contribution is 2.25. The molecule has 3 nitrogen and oxygen atoms in total. The number of aliphatic hydroxyl groups excluding tert-OH is 1. The molecule has 0 saturated heterocycles. The molecule has 0 aliphatic carbocycles. The molecule has 0 aliphatic rings. The summed E-state index contributed by atoms with van der Waals surface area (Å²) in [7, 11) is 0. The summed E-state index contributed by atoms with van der Waals surface area (Å²) in [5.74, 6) is -0.00940. The summed E-state index contributed by atoms with van der Waals surface area (Å²) in [6, 6.07) is 2.03. The van der Waals surface area contributed by atoms with E-state index in [1.165, 1.54) is 10.4 Å². The van der Waals surface area contributed by atoms with Crippen LogP contribution in [0.2, 0.25) is 0 Å². The normalized spacial score (nSPS) is 14.1. The van der Waals surface area contributed by atoms with E-state index in [0.717, 1.165) is 30.6 Å². The van der Waals surface area contributed by atoms with Crippen LogP contribution in [0.3, 0.4) is 0 Å². The Morgan fingerprint density at radius 3 is 2.60 bits per heavy atom. The molecular weight excluding hydrogens is 270 g/mol. The maximum Gasteiger partial charge on any atom is 0.261 e. The minimum atomic E-state index is -0.326. The first-order valence-electron chi connectivity index (χ1n) is 7.54. The molecule has 1 unspecified atom stereocenters. The fourth-order valence-electron chi connectivity index (χ4n) is 2.23. The average molecular weight is 297 g/mol. The van der Waals surface area contributed by atoms with Gasteiger partial charge in [0.25, 0.3) is 5.91 Å². The number of amides is 1. The molecule has 1 rings (SSSR count). The Morgan fingerprint density at radius 1 is 1.40 bits per heavy atom. The molecule has 20 heavy (non-hydrogen) atoms. The lowest BCUT2D eigenvalue weighted by atomic mass is 9.95. The summed E-state index contributed by atoms with van der Waals surface area (Å²) >= 11 is 1.61. The lowest BCUT2D eigenvalue weighted by molar-refractivity contribution is 0.0890. The van der Waals surface area contributed by atoms with E-state index in [1.54, 1.807) is 11.3 Å². The Hall–Kier alpha value is -0.870. The van der Waals surface area contributed by atoms with Crippen molar-refractivity contribution >= 4 is 17.2 Å². The Kier molecular flexibility index (Phi) is 6.69. The molecule has 1 amide bonds. The molecule has 1 aromatic rings. The Balaban J connectivity index is 2.86. The Bertz CT molecular complexity index is 442. The first kappa shape index (κ1) is 17.2. The standard InChI is InChI=1S/C16H27NO2S/c1-5-8-13-12(6-2)11-14(20-13)15(19)17-16(4,7-3)9-10-18/h11,18H,5-10H2,1-4H3,(H,17,19). The molecule has 0 radical (unpaired) electrons. The number of rotatable bonds is 8. The molecule has 0 fully saturated rings. The maximum atomic E-state index is 12.4. The van der Waals surface area contributed by atoms with Gasteiger partial charge in [0.15, 0.2) is 0 Å². The Morgan fingerprint density at radius 2 is 2.10 bits per heavy atom. The van der Waals surface area contributed by atoms with Gasteiger partial charge in [0.2, 0.25) is 0 Å². The molecule has 114 valence electrons. The van der Waals surface area contributed by atoms with Crippen molar-refractivity contribution in [2.45, 2.75) is 65.3 Å². The van der Waals surface area contributed by atoms with Gasteiger partial charge >= 0.3 is 0 Å². The number of nitrogens with one attached hydrogen (secondary N) is 1. The zero-order valence-electron chi connectivity index (χ0n) is 13.1. The number of hydrogen-bond donors (Lipinski definition) is 2. The van der Waals surface area contributed by atoms with Crippen molar-refractivity contribution in [1.29, 1.82) is 0 Å². The van der Waals surface area contributed by atoms with Crippen LogP contribution in [0.25, 0.3) is 0 Å². The van der Waals surface area contributed by atoms with Crippen LogP contribution < -0.4 is 5.32 Å². The predicted molar refractivity (Wildman–Crippen MR) is 85.6 cm³/mol. The summed E-state index contributed by atoms with van der Waals surface area (Å²) in [4.78, 5) is 14.5. The van der Waals surface area contributed by atoms with Crippen molar-refractivity contribution in [3.63, 3.8) is 0 Å². The Labute approximate surface area is 126 Å². The summed E-state index contributed by atoms with van der Waals surface area (Å²) in [6.45, 7) is 8.40. The van der Waals surface area contributed by atoms with Gasteiger partial charge in [-0.15, -0.1) is 11.3 Å². The van der Waals surface area contributed by atoms with E-state index in [2.05, 4.69) is 19.2 Å². The van der Waals surface area contributed by atoms with Crippen molar-refractivity contribution in [2.75, 3.05) is 6.61 Å². The molecular formula is C16H27NO2S. The largest absolute Gasteiger partial charge is 0.396 e. The van der Waals surface area contributed by atoms with Crippen LogP contribution in [0.5, 0.6) is 0 Å². The molecule has 1 heterocycles. The highest BCUT2D eigenvalue weighted by atomic mass is 32.1. The average Bonchev–Trinajstić information content (AvgIpc) is 2.82. The van der Waals surface area contributed by atoms with Crippen LogP contribution >= 0.6 is 11.3 Å². The van der Waals surface area contributed by atoms with Gasteiger partial charge in [-0.05, 0) is 44.2 Å². The molecule has 0 saturated carbocycles. The van der Waals surface area contributed by atoms with E-state index in [-0.39, 0.29) is 18.1 Å². The lowest BCUT2D eigenvalue weighted by Crippen LogP contribution is -2.45. The van der Waals surface area contributed by atoms with Crippen LogP contribution in [-0.4, -0.2) is 23.2 Å². The summed E-state index contributed by atoms with van der Waals surface area (Å²) in [5, 5.41) is 12.2. The van der Waals surface area contributed by atoms with Gasteiger partial charge in [-0.3, -0.25) is 4.79 Å². The van der Waals surface area contributed by atoms with E-state index in [4.69, 9.17) is 5.11 Å². The van der Waals surface area contributed by atoms with Gasteiger partial charge in [0.05, 0.1) is 4.88 Å². The summed E-state index contributed by atoms with van der Waals surface area (Å²) in [5.41, 5.74) is 0.968. The van der Waals surface area contributed by atoms with Gasteiger partial charge in [-0.2, -0.15) is 0 Å². The smallest absolute Gasteiger partial charge is 0.261 e. The topological polar surface area (TPSA) is 49.3 Å². The highest BCUT2D eigenvalue weighted by Gasteiger charge is 2.25. The molecule has 0 spiro atoms. The fraction of sp³-hybridized carbons (Fsp3) is 0.688. The SMILES string of the molecule is CCCc1sc(C(=O)NC(C)(CC)CCO)cc1CC. The number of thiophene rings is 1. The quantitative estimate of drug-likeness (QED) is 0.771. The van der Waals surface area contributed by atoms with Crippen LogP contribution in [0, 0.1) is 0 Å². The minimum absolute atomic E-state index is 0.00940. The molecule has 0 aliphatic heterocycles. The van der Waals surface area contributed by atoms with E-state index >= 15 is 0 Å². The molecule has 1 atom stereocenters. The molecule has 0 aromatic carbocycles. The number of hydrogen-bond acceptors (Lipinski definition) is 3. The van der Waals surface area contributed by atoms with E-state index < -0.39 is 0 Å². The second kappa shape index (κ2) is 7.79. The third-order valence-electron chi connectivity index (χ3n) is 3.84. The van der Waals surface area contributed by atoms with Crippen molar-refractivity contribution < 1.29 is 9.90 Å². The first-order valence-corrected chi connectivity index (χ1v) is 8.36. The maximum absolute atomic E-state index is 12.4. The van der Waals surface area contributed by atoms with Gasteiger partial charge in [0, 0.05) is 17.0 Å². The molecule has 2 N–H and O–H groups in total. The minimum Gasteiger partial charge on any atom is -0.396 e. The van der Waals surface area contributed by atoms with Gasteiger partial charge < -0.3 is 10.4 Å². The second-order valence-corrected chi connectivity index (χ2v) is 6.64. The van der Waals surface area contributed by atoms with Crippen LogP contribution in [0.1, 0.15) is 67.1 Å². The van der Waals surface area contributed by atoms with E-state index in [1.807, 2.05) is 19.9 Å². The molecule has 0 bridgehead atoms. The highest BCUT2D eigenvalue weighted by molar-refractivity contribution is 7.14. The van der Waals surface area contributed by atoms with Crippen LogP contribution in [0.15, 0.2) is 6.07 Å². The number of aliphatic hydroxyl groups is 1. The van der Waals surface area contributed by atoms with Crippen molar-refractivity contribution in [3.05, 3.63) is 21.4 Å². The third-order valence-corrected chi connectivity index (χ3v) is 5.07. The van der Waals surface area contributed by atoms with E-state index in [9.17, 15) is 4.79 Å². The van der Waals surface area contributed by atoms with Crippen LogP contribution in [0.4, 0.5) is 0 Å².